The molecule has 6 nitrogen and oxygen atoms in total. The van der Waals surface area contributed by atoms with Crippen molar-refractivity contribution in [2.75, 3.05) is 32.8 Å². The standard InChI is InChI=1S/C27H34N2O4/c1-20-7-10-22(11-8-20)24(30)5-4-6-27(31)28-23(19-29-13-2-3-14-29)17-21-9-12-25-26(18-21)33-16-15-32-25/h7-12,18,23H,2-6,13-17,19H2,1H3,(H,28,31)/p-1. The number of likely N-dealkylation sites (tertiary alicyclic amines) is 1. The SMILES string of the molecule is Cc1ccc(C(=O)CCCC([O-])=NC(Cc2ccc3c(c2)OCCO3)CN2CCCC2)cc1. The molecule has 33 heavy (non-hydrogen) atoms. The molecule has 0 amide bonds. The number of aliphatic imine (C=N–C) groups is 1. The molecule has 1 atom stereocenters. The molecule has 4 rings (SSSR count). The lowest BCUT2D eigenvalue weighted by atomic mass is 10.0. The Morgan fingerprint density at radius 2 is 1.76 bits per heavy atom. The second-order valence-corrected chi connectivity index (χ2v) is 9.01. The van der Waals surface area contributed by atoms with Gasteiger partial charge in [0.1, 0.15) is 13.2 Å². The van der Waals surface area contributed by atoms with Crippen molar-refractivity contribution in [3.05, 3.63) is 59.2 Å². The Balaban J connectivity index is 1.36. The molecule has 1 unspecified atom stereocenters. The van der Waals surface area contributed by atoms with Crippen LogP contribution in [-0.2, 0) is 6.42 Å². The largest absolute Gasteiger partial charge is 0.862 e. The summed E-state index contributed by atoms with van der Waals surface area (Å²) in [5, 5.41) is 12.7. The van der Waals surface area contributed by atoms with Gasteiger partial charge < -0.3 is 24.5 Å². The number of nitrogens with zero attached hydrogens (tertiary/aromatic N) is 2. The fourth-order valence-electron chi connectivity index (χ4n) is 4.45. The molecule has 0 radical (unpaired) electrons. The highest BCUT2D eigenvalue weighted by molar-refractivity contribution is 5.96. The lowest BCUT2D eigenvalue weighted by molar-refractivity contribution is -0.219. The average molecular weight is 450 g/mol. The zero-order valence-electron chi connectivity index (χ0n) is 19.4. The maximum absolute atomic E-state index is 12.7. The Bertz CT molecular complexity index is 965. The summed E-state index contributed by atoms with van der Waals surface area (Å²) in [6.45, 7) is 6.03. The number of Topliss-reactive ketones (excluding diaryl/α,β-unsaturated/α-hetero) is 1. The van der Waals surface area contributed by atoms with Crippen molar-refractivity contribution in [1.82, 2.24) is 4.90 Å². The first-order valence-electron chi connectivity index (χ1n) is 12.0. The van der Waals surface area contributed by atoms with Gasteiger partial charge in [0.25, 0.3) is 0 Å². The number of ketones is 1. The van der Waals surface area contributed by atoms with E-state index in [2.05, 4.69) is 9.89 Å². The number of carbonyl (C=O) groups is 1. The molecule has 0 bridgehead atoms. The number of hydrogen-bond acceptors (Lipinski definition) is 6. The van der Waals surface area contributed by atoms with E-state index in [1.54, 1.807) is 0 Å². The molecule has 0 aromatic heterocycles. The number of ether oxygens (including phenoxy) is 2. The van der Waals surface area contributed by atoms with Gasteiger partial charge in [-0.15, -0.1) is 0 Å². The van der Waals surface area contributed by atoms with Gasteiger partial charge in [-0.25, -0.2) is 0 Å². The molecule has 6 heteroatoms. The normalized spacial score (nSPS) is 17.2. The van der Waals surface area contributed by atoms with E-state index in [1.165, 1.54) is 12.8 Å². The van der Waals surface area contributed by atoms with Crippen LogP contribution >= 0.6 is 0 Å². The van der Waals surface area contributed by atoms with Crippen LogP contribution in [0.3, 0.4) is 0 Å². The van der Waals surface area contributed by atoms with Crippen molar-refractivity contribution >= 4 is 11.7 Å². The summed E-state index contributed by atoms with van der Waals surface area (Å²) in [6, 6.07) is 13.5. The third kappa shape index (κ3) is 6.81. The van der Waals surface area contributed by atoms with Gasteiger partial charge in [-0.1, -0.05) is 35.9 Å². The fourth-order valence-corrected chi connectivity index (χ4v) is 4.45. The van der Waals surface area contributed by atoms with Crippen LogP contribution in [0.4, 0.5) is 0 Å². The summed E-state index contributed by atoms with van der Waals surface area (Å²) >= 11 is 0. The van der Waals surface area contributed by atoms with Gasteiger partial charge >= 0.3 is 0 Å². The first-order valence-corrected chi connectivity index (χ1v) is 12.0. The van der Waals surface area contributed by atoms with Crippen LogP contribution < -0.4 is 14.6 Å². The van der Waals surface area contributed by atoms with E-state index < -0.39 is 0 Å². The van der Waals surface area contributed by atoms with Crippen LogP contribution in [0, 0.1) is 6.92 Å². The van der Waals surface area contributed by atoms with E-state index in [9.17, 15) is 9.90 Å². The Labute approximate surface area is 196 Å². The van der Waals surface area contributed by atoms with Gasteiger partial charge in [-0.05, 0) is 75.7 Å². The van der Waals surface area contributed by atoms with Crippen LogP contribution in [0.2, 0.25) is 0 Å². The first-order chi connectivity index (χ1) is 16.1. The second-order valence-electron chi connectivity index (χ2n) is 9.01. The Morgan fingerprint density at radius 1 is 1.03 bits per heavy atom. The molecule has 2 aromatic rings. The van der Waals surface area contributed by atoms with Crippen molar-refractivity contribution in [3.8, 4) is 11.5 Å². The predicted molar refractivity (Wildman–Crippen MR) is 127 cm³/mol. The minimum atomic E-state index is -0.117. The number of hydrogen-bond donors (Lipinski definition) is 0. The molecule has 0 aliphatic carbocycles. The van der Waals surface area contributed by atoms with E-state index in [4.69, 9.17) is 9.47 Å². The first kappa shape index (κ1) is 23.3. The summed E-state index contributed by atoms with van der Waals surface area (Å²) in [5.74, 6) is 1.49. The molecule has 0 N–H and O–H groups in total. The molecule has 1 fully saturated rings. The lowest BCUT2D eigenvalue weighted by Crippen LogP contribution is -2.33. The predicted octanol–water partition coefficient (Wildman–Crippen LogP) is 3.59. The quantitative estimate of drug-likeness (QED) is 0.315. The summed E-state index contributed by atoms with van der Waals surface area (Å²) in [5.41, 5.74) is 2.92. The van der Waals surface area contributed by atoms with Crippen LogP contribution in [0.25, 0.3) is 0 Å². The van der Waals surface area contributed by atoms with E-state index in [1.807, 2.05) is 49.4 Å². The summed E-state index contributed by atoms with van der Waals surface area (Å²) in [4.78, 5) is 19.3. The summed E-state index contributed by atoms with van der Waals surface area (Å²) in [7, 11) is 0. The van der Waals surface area contributed by atoms with E-state index in [0.29, 0.717) is 44.5 Å². The number of rotatable bonds is 10. The molecule has 0 spiro atoms. The van der Waals surface area contributed by atoms with Crippen molar-refractivity contribution in [3.63, 3.8) is 0 Å². The Morgan fingerprint density at radius 3 is 2.52 bits per heavy atom. The number of benzene rings is 2. The fraction of sp³-hybridized carbons (Fsp3) is 0.481. The third-order valence-electron chi connectivity index (χ3n) is 6.24. The molecular weight excluding hydrogens is 416 g/mol. The minimum absolute atomic E-state index is 0.0766. The molecule has 176 valence electrons. The topological polar surface area (TPSA) is 74.2 Å². The zero-order valence-corrected chi connectivity index (χ0v) is 19.4. The van der Waals surface area contributed by atoms with Gasteiger partial charge in [0.2, 0.25) is 0 Å². The second kappa shape index (κ2) is 11.3. The van der Waals surface area contributed by atoms with Crippen LogP contribution in [0.1, 0.15) is 53.6 Å². The van der Waals surface area contributed by atoms with Gasteiger partial charge in [-0.2, -0.15) is 0 Å². The van der Waals surface area contributed by atoms with Crippen molar-refractivity contribution in [2.45, 2.75) is 51.5 Å². The average Bonchev–Trinajstić information content (AvgIpc) is 3.32. The maximum Gasteiger partial charge on any atom is 0.162 e. The number of aryl methyl sites for hydroxylation is 1. The van der Waals surface area contributed by atoms with Gasteiger partial charge in [-0.3, -0.25) is 4.79 Å². The zero-order chi connectivity index (χ0) is 23.0. The maximum atomic E-state index is 12.7. The van der Waals surface area contributed by atoms with Crippen LogP contribution in [0.5, 0.6) is 11.5 Å². The minimum Gasteiger partial charge on any atom is -0.862 e. The van der Waals surface area contributed by atoms with Gasteiger partial charge in [0.05, 0.1) is 6.04 Å². The lowest BCUT2D eigenvalue weighted by Gasteiger charge is -2.24. The summed E-state index contributed by atoms with van der Waals surface area (Å²) in [6.07, 6.45) is 4.27. The Kier molecular flexibility index (Phi) is 8.00. The third-order valence-corrected chi connectivity index (χ3v) is 6.24. The van der Waals surface area contributed by atoms with Crippen molar-refractivity contribution in [1.29, 1.82) is 0 Å². The smallest absolute Gasteiger partial charge is 0.162 e. The highest BCUT2D eigenvalue weighted by Crippen LogP contribution is 2.31. The molecule has 2 heterocycles. The molecule has 2 aromatic carbocycles. The number of fused-ring (bicyclic) bond motifs is 1. The molecule has 1 saturated heterocycles. The highest BCUT2D eigenvalue weighted by Gasteiger charge is 2.19. The van der Waals surface area contributed by atoms with Crippen LogP contribution in [-0.4, -0.2) is 55.5 Å². The van der Waals surface area contributed by atoms with Gasteiger partial charge in [0, 0.05) is 18.5 Å². The molecule has 2 aliphatic heterocycles. The molecule has 2 aliphatic rings. The summed E-state index contributed by atoms with van der Waals surface area (Å²) < 4.78 is 11.3. The monoisotopic (exact) mass is 449 g/mol. The van der Waals surface area contributed by atoms with Crippen LogP contribution in [0.15, 0.2) is 47.5 Å². The van der Waals surface area contributed by atoms with E-state index in [0.717, 1.165) is 42.3 Å². The van der Waals surface area contributed by atoms with E-state index >= 15 is 0 Å². The number of carbonyl (C=O) groups excluding carboxylic acids is 1. The van der Waals surface area contributed by atoms with Gasteiger partial charge in [0.15, 0.2) is 17.3 Å². The van der Waals surface area contributed by atoms with E-state index in [-0.39, 0.29) is 17.7 Å². The molecule has 0 saturated carbocycles. The highest BCUT2D eigenvalue weighted by atomic mass is 16.6. The molecular formula is C27H33N2O4-. The Hall–Kier alpha value is -2.86. The van der Waals surface area contributed by atoms with Crippen molar-refractivity contribution < 1.29 is 19.4 Å². The van der Waals surface area contributed by atoms with Crippen molar-refractivity contribution in [2.24, 2.45) is 4.99 Å².